The minimum absolute atomic E-state index is 0.0889. The lowest BCUT2D eigenvalue weighted by Gasteiger charge is -2.21. The summed E-state index contributed by atoms with van der Waals surface area (Å²) in [6, 6.07) is 10.0. The highest BCUT2D eigenvalue weighted by atomic mass is 35.5. The van der Waals surface area contributed by atoms with Crippen LogP contribution in [0, 0.1) is 5.92 Å². The van der Waals surface area contributed by atoms with Crippen LogP contribution in [-0.4, -0.2) is 42.8 Å². The van der Waals surface area contributed by atoms with E-state index in [9.17, 15) is 19.2 Å². The van der Waals surface area contributed by atoms with Crippen LogP contribution in [0.5, 0.6) is 5.75 Å². The third kappa shape index (κ3) is 5.40. The van der Waals surface area contributed by atoms with Crippen LogP contribution in [-0.2, 0) is 14.3 Å². The number of nitrogens with one attached hydrogen (secondary N) is 2. The molecule has 1 heterocycles. The van der Waals surface area contributed by atoms with Crippen LogP contribution in [0.25, 0.3) is 0 Å². The summed E-state index contributed by atoms with van der Waals surface area (Å²) in [4.78, 5) is 48.9. The van der Waals surface area contributed by atoms with Gasteiger partial charge in [-0.3, -0.25) is 14.4 Å². The van der Waals surface area contributed by atoms with Gasteiger partial charge in [-0.05, 0) is 36.2 Å². The molecule has 2 N–H and O–H groups in total. The first-order valence-electron chi connectivity index (χ1n) is 9.58. The summed E-state index contributed by atoms with van der Waals surface area (Å²) >= 11 is 6.03. The molecule has 0 aliphatic carbocycles. The number of esters is 1. The Kier molecular flexibility index (Phi) is 6.91. The van der Waals surface area contributed by atoms with Crippen molar-refractivity contribution in [2.45, 2.75) is 19.9 Å². The van der Waals surface area contributed by atoms with Gasteiger partial charge in [0, 0.05) is 5.56 Å². The highest BCUT2D eigenvalue weighted by Gasteiger charge is 2.28. The quantitative estimate of drug-likeness (QED) is 0.502. The number of ketones is 1. The smallest absolute Gasteiger partial charge is 0.329 e. The van der Waals surface area contributed by atoms with E-state index >= 15 is 0 Å². The Balaban J connectivity index is 1.63. The zero-order valence-corrected chi connectivity index (χ0v) is 17.7. The van der Waals surface area contributed by atoms with Gasteiger partial charge in [-0.2, -0.15) is 0 Å². The highest BCUT2D eigenvalue weighted by Crippen LogP contribution is 2.28. The number of anilines is 1. The van der Waals surface area contributed by atoms with Crippen molar-refractivity contribution in [3.63, 3.8) is 0 Å². The molecule has 31 heavy (non-hydrogen) atoms. The molecule has 1 atom stereocenters. The Morgan fingerprint density at radius 2 is 1.94 bits per heavy atom. The van der Waals surface area contributed by atoms with E-state index in [-0.39, 0.29) is 34.6 Å². The predicted molar refractivity (Wildman–Crippen MR) is 113 cm³/mol. The highest BCUT2D eigenvalue weighted by molar-refractivity contribution is 6.33. The number of halogens is 1. The molecular weight excluding hydrogens is 424 g/mol. The molecule has 162 valence electrons. The van der Waals surface area contributed by atoms with Crippen molar-refractivity contribution >= 4 is 40.9 Å². The summed E-state index contributed by atoms with van der Waals surface area (Å²) in [6.07, 6.45) is 0. The molecule has 0 spiro atoms. The second-order valence-corrected chi connectivity index (χ2v) is 7.66. The average Bonchev–Trinajstić information content (AvgIpc) is 2.74. The van der Waals surface area contributed by atoms with Crippen molar-refractivity contribution in [2.24, 2.45) is 5.92 Å². The van der Waals surface area contributed by atoms with Gasteiger partial charge >= 0.3 is 5.97 Å². The number of hydrogen-bond donors (Lipinski definition) is 2. The standard InChI is InChI=1S/C22H21ClN2O6/c1-12(2)20(25-21(28)14-5-3-4-6-15(14)23)22(29)31-10-17(26)13-7-8-18-16(9-13)24-19(27)11-30-18/h3-9,12,20H,10-11H2,1-2H3,(H,24,27)(H,25,28)/t20-/m1/s1. The maximum atomic E-state index is 12.5. The number of hydrogen-bond acceptors (Lipinski definition) is 6. The fourth-order valence-corrected chi connectivity index (χ4v) is 3.15. The van der Waals surface area contributed by atoms with Gasteiger partial charge in [0.2, 0.25) is 0 Å². The van der Waals surface area contributed by atoms with Crippen LogP contribution >= 0.6 is 11.6 Å². The Hall–Kier alpha value is -3.39. The van der Waals surface area contributed by atoms with Crippen LogP contribution in [0.3, 0.4) is 0 Å². The zero-order valence-electron chi connectivity index (χ0n) is 16.9. The van der Waals surface area contributed by atoms with Crippen LogP contribution in [0.15, 0.2) is 42.5 Å². The van der Waals surface area contributed by atoms with Crippen LogP contribution in [0.4, 0.5) is 5.69 Å². The molecule has 0 saturated carbocycles. The number of carbonyl (C=O) groups is 4. The summed E-state index contributed by atoms with van der Waals surface area (Å²) in [5, 5.41) is 5.48. The molecule has 0 unspecified atom stereocenters. The van der Waals surface area contributed by atoms with E-state index in [2.05, 4.69) is 10.6 Å². The van der Waals surface area contributed by atoms with E-state index < -0.39 is 30.3 Å². The minimum Gasteiger partial charge on any atom is -0.482 e. The molecule has 9 heteroatoms. The molecule has 2 amide bonds. The van der Waals surface area contributed by atoms with Gasteiger partial charge in [0.25, 0.3) is 11.8 Å². The normalized spacial score (nSPS) is 13.5. The number of rotatable bonds is 7. The van der Waals surface area contributed by atoms with Crippen molar-refractivity contribution < 1.29 is 28.7 Å². The second kappa shape index (κ2) is 9.61. The number of fused-ring (bicyclic) bond motifs is 1. The van der Waals surface area contributed by atoms with Gasteiger partial charge in [0.1, 0.15) is 11.8 Å². The summed E-state index contributed by atoms with van der Waals surface area (Å²) in [7, 11) is 0. The lowest BCUT2D eigenvalue weighted by molar-refractivity contribution is -0.146. The van der Waals surface area contributed by atoms with Crippen molar-refractivity contribution in [1.29, 1.82) is 0 Å². The monoisotopic (exact) mass is 444 g/mol. The SMILES string of the molecule is CC(C)[C@@H](NC(=O)c1ccccc1Cl)C(=O)OCC(=O)c1ccc2c(c1)NC(=O)CO2. The second-order valence-electron chi connectivity index (χ2n) is 7.25. The van der Waals surface area contributed by atoms with Gasteiger partial charge in [-0.1, -0.05) is 37.6 Å². The van der Waals surface area contributed by atoms with E-state index in [0.717, 1.165) is 0 Å². The third-order valence-electron chi connectivity index (χ3n) is 4.61. The van der Waals surface area contributed by atoms with E-state index in [1.165, 1.54) is 12.1 Å². The molecule has 8 nitrogen and oxygen atoms in total. The number of carbonyl (C=O) groups excluding carboxylic acids is 4. The van der Waals surface area contributed by atoms with Gasteiger partial charge in [-0.15, -0.1) is 0 Å². The Morgan fingerprint density at radius 1 is 1.19 bits per heavy atom. The topological polar surface area (TPSA) is 111 Å². The van der Waals surface area contributed by atoms with E-state index in [4.69, 9.17) is 21.1 Å². The maximum Gasteiger partial charge on any atom is 0.329 e. The lowest BCUT2D eigenvalue weighted by Crippen LogP contribution is -2.45. The molecule has 0 bridgehead atoms. The first-order valence-corrected chi connectivity index (χ1v) is 9.96. The van der Waals surface area contributed by atoms with Crippen LogP contribution in [0.2, 0.25) is 5.02 Å². The van der Waals surface area contributed by atoms with Gasteiger partial charge in [0.05, 0.1) is 16.3 Å². The van der Waals surface area contributed by atoms with Gasteiger partial charge in [0.15, 0.2) is 19.0 Å². The van der Waals surface area contributed by atoms with Crippen LogP contribution < -0.4 is 15.4 Å². The molecule has 1 aliphatic heterocycles. The van der Waals surface area contributed by atoms with Crippen molar-refractivity contribution in [2.75, 3.05) is 18.5 Å². The maximum absolute atomic E-state index is 12.5. The van der Waals surface area contributed by atoms with Gasteiger partial charge in [-0.25, -0.2) is 4.79 Å². The summed E-state index contributed by atoms with van der Waals surface area (Å²) in [6.45, 7) is 2.88. The molecule has 2 aromatic rings. The zero-order chi connectivity index (χ0) is 22.5. The summed E-state index contributed by atoms with van der Waals surface area (Å²) < 4.78 is 10.4. The Bertz CT molecular complexity index is 1040. The van der Waals surface area contributed by atoms with Crippen LogP contribution in [0.1, 0.15) is 34.6 Å². The lowest BCUT2D eigenvalue weighted by atomic mass is 10.0. The number of Topliss-reactive ketones (excluding diaryl/α,β-unsaturated/α-hetero) is 1. The van der Waals surface area contributed by atoms with E-state index in [1.54, 1.807) is 44.2 Å². The summed E-state index contributed by atoms with van der Waals surface area (Å²) in [5.41, 5.74) is 0.857. The number of benzene rings is 2. The molecule has 0 radical (unpaired) electrons. The fraction of sp³-hybridized carbons (Fsp3) is 0.273. The van der Waals surface area contributed by atoms with Crippen molar-refractivity contribution in [3.8, 4) is 5.75 Å². The van der Waals surface area contributed by atoms with Crippen molar-refractivity contribution in [1.82, 2.24) is 5.32 Å². The molecular formula is C22H21ClN2O6. The molecule has 0 aromatic heterocycles. The first kappa shape index (κ1) is 22.3. The van der Waals surface area contributed by atoms with E-state index in [1.807, 2.05) is 0 Å². The first-order chi connectivity index (χ1) is 14.8. The predicted octanol–water partition coefficient (Wildman–Crippen LogP) is 2.85. The molecule has 0 saturated heterocycles. The van der Waals surface area contributed by atoms with E-state index in [0.29, 0.717) is 11.4 Å². The fourth-order valence-electron chi connectivity index (χ4n) is 2.93. The summed E-state index contributed by atoms with van der Waals surface area (Å²) in [5.74, 6) is -1.87. The average molecular weight is 445 g/mol. The molecule has 3 rings (SSSR count). The molecule has 0 fully saturated rings. The number of amides is 2. The third-order valence-corrected chi connectivity index (χ3v) is 4.94. The van der Waals surface area contributed by atoms with Crippen molar-refractivity contribution in [3.05, 3.63) is 58.6 Å². The molecule has 2 aromatic carbocycles. The number of ether oxygens (including phenoxy) is 2. The van der Waals surface area contributed by atoms with Gasteiger partial charge < -0.3 is 20.1 Å². The largest absolute Gasteiger partial charge is 0.482 e. The Morgan fingerprint density at radius 3 is 2.65 bits per heavy atom. The Labute approximate surface area is 183 Å². The molecule has 1 aliphatic rings. The minimum atomic E-state index is -0.965.